The molecule has 2 heteroatoms. The van der Waals surface area contributed by atoms with Gasteiger partial charge < -0.3 is 5.73 Å². The summed E-state index contributed by atoms with van der Waals surface area (Å²) in [4.78, 5) is 3.93. The Morgan fingerprint density at radius 2 is 2.50 bits per heavy atom. The van der Waals surface area contributed by atoms with Crippen LogP contribution in [0.4, 0.5) is 5.82 Å². The molecule has 0 bridgehead atoms. The second-order valence-corrected chi connectivity index (χ2v) is 2.04. The number of allylic oxidation sites excluding steroid dienone is 1. The fourth-order valence-electron chi connectivity index (χ4n) is 0.779. The molecule has 0 saturated heterocycles. The van der Waals surface area contributed by atoms with Crippen LogP contribution in [0.1, 0.15) is 5.56 Å². The minimum Gasteiger partial charge on any atom is -0.383 e. The SMILES string of the molecule is C=CCc1cccnc1N. The number of nitrogen functional groups attached to an aromatic ring is 1. The molecule has 0 amide bonds. The number of aromatic nitrogens is 1. The third-order valence-corrected chi connectivity index (χ3v) is 1.29. The Kier molecular flexibility index (Phi) is 2.05. The summed E-state index contributed by atoms with van der Waals surface area (Å²) in [5.74, 6) is 0.599. The van der Waals surface area contributed by atoms with Crippen molar-refractivity contribution in [3.63, 3.8) is 0 Å². The second kappa shape index (κ2) is 3.01. The normalized spacial score (nSPS) is 9.20. The Bertz CT molecular complexity index is 230. The van der Waals surface area contributed by atoms with Crippen molar-refractivity contribution >= 4 is 5.82 Å². The van der Waals surface area contributed by atoms with Gasteiger partial charge in [-0.1, -0.05) is 12.1 Å². The summed E-state index contributed by atoms with van der Waals surface area (Å²) in [7, 11) is 0. The van der Waals surface area contributed by atoms with E-state index in [0.717, 1.165) is 12.0 Å². The number of anilines is 1. The van der Waals surface area contributed by atoms with Crippen LogP contribution in [0, 0.1) is 0 Å². The van der Waals surface area contributed by atoms with Crippen LogP contribution < -0.4 is 5.73 Å². The van der Waals surface area contributed by atoms with Crippen LogP contribution in [0.2, 0.25) is 0 Å². The van der Waals surface area contributed by atoms with E-state index in [2.05, 4.69) is 11.6 Å². The van der Waals surface area contributed by atoms with Crippen LogP contribution in [-0.4, -0.2) is 4.98 Å². The van der Waals surface area contributed by atoms with E-state index in [1.165, 1.54) is 0 Å². The number of rotatable bonds is 2. The van der Waals surface area contributed by atoms with E-state index in [0.29, 0.717) is 5.82 Å². The molecule has 0 unspecified atom stereocenters. The number of pyridine rings is 1. The van der Waals surface area contributed by atoms with Gasteiger partial charge in [0.2, 0.25) is 0 Å². The fraction of sp³-hybridized carbons (Fsp3) is 0.125. The number of hydrogen-bond donors (Lipinski definition) is 1. The zero-order valence-electron chi connectivity index (χ0n) is 5.75. The summed E-state index contributed by atoms with van der Waals surface area (Å²) >= 11 is 0. The molecule has 2 nitrogen and oxygen atoms in total. The lowest BCUT2D eigenvalue weighted by atomic mass is 10.2. The average molecular weight is 134 g/mol. The summed E-state index contributed by atoms with van der Waals surface area (Å²) in [6, 6.07) is 3.82. The van der Waals surface area contributed by atoms with Crippen LogP contribution in [-0.2, 0) is 6.42 Å². The first-order valence-electron chi connectivity index (χ1n) is 3.15. The molecule has 1 rings (SSSR count). The van der Waals surface area contributed by atoms with E-state index in [1.54, 1.807) is 6.20 Å². The molecular formula is C8H10N2. The van der Waals surface area contributed by atoms with Crippen LogP contribution in [0.15, 0.2) is 31.0 Å². The van der Waals surface area contributed by atoms with Gasteiger partial charge in [-0.05, 0) is 18.1 Å². The summed E-state index contributed by atoms with van der Waals surface area (Å²) in [6.45, 7) is 3.61. The molecule has 10 heavy (non-hydrogen) atoms. The quantitative estimate of drug-likeness (QED) is 0.621. The van der Waals surface area contributed by atoms with Gasteiger partial charge in [-0.15, -0.1) is 6.58 Å². The van der Waals surface area contributed by atoms with E-state index < -0.39 is 0 Å². The first kappa shape index (κ1) is 6.81. The molecule has 0 saturated carbocycles. The molecule has 0 radical (unpaired) electrons. The van der Waals surface area contributed by atoms with Crippen molar-refractivity contribution < 1.29 is 0 Å². The fourth-order valence-corrected chi connectivity index (χ4v) is 0.779. The Hall–Kier alpha value is -1.31. The van der Waals surface area contributed by atoms with Gasteiger partial charge in [0.15, 0.2) is 0 Å². The molecule has 0 fully saturated rings. The molecule has 2 N–H and O–H groups in total. The molecule has 0 atom stereocenters. The second-order valence-electron chi connectivity index (χ2n) is 2.04. The minimum atomic E-state index is 0.599. The van der Waals surface area contributed by atoms with Crippen molar-refractivity contribution in [2.45, 2.75) is 6.42 Å². The molecule has 1 aromatic rings. The van der Waals surface area contributed by atoms with E-state index in [9.17, 15) is 0 Å². The highest BCUT2D eigenvalue weighted by Crippen LogP contribution is 2.06. The van der Waals surface area contributed by atoms with Crippen molar-refractivity contribution in [3.05, 3.63) is 36.5 Å². The van der Waals surface area contributed by atoms with Gasteiger partial charge >= 0.3 is 0 Å². The van der Waals surface area contributed by atoms with Crippen molar-refractivity contribution in [1.29, 1.82) is 0 Å². The predicted molar refractivity (Wildman–Crippen MR) is 42.6 cm³/mol. The van der Waals surface area contributed by atoms with Gasteiger partial charge in [-0.2, -0.15) is 0 Å². The summed E-state index contributed by atoms with van der Waals surface area (Å²) in [5.41, 5.74) is 6.59. The van der Waals surface area contributed by atoms with Gasteiger partial charge in [0.25, 0.3) is 0 Å². The Labute approximate surface area is 60.4 Å². The molecule has 0 aliphatic carbocycles. The zero-order valence-corrected chi connectivity index (χ0v) is 5.75. The van der Waals surface area contributed by atoms with Crippen LogP contribution in [0.5, 0.6) is 0 Å². The number of hydrogen-bond acceptors (Lipinski definition) is 2. The van der Waals surface area contributed by atoms with E-state index >= 15 is 0 Å². The Morgan fingerprint density at radius 1 is 1.70 bits per heavy atom. The maximum Gasteiger partial charge on any atom is 0.126 e. The van der Waals surface area contributed by atoms with Crippen molar-refractivity contribution in [1.82, 2.24) is 4.98 Å². The highest BCUT2D eigenvalue weighted by Gasteiger charge is 1.93. The highest BCUT2D eigenvalue weighted by molar-refractivity contribution is 5.39. The monoisotopic (exact) mass is 134 g/mol. The first-order valence-corrected chi connectivity index (χ1v) is 3.15. The van der Waals surface area contributed by atoms with Gasteiger partial charge in [0.1, 0.15) is 5.82 Å². The van der Waals surface area contributed by atoms with Crippen LogP contribution in [0.3, 0.4) is 0 Å². The van der Waals surface area contributed by atoms with Gasteiger partial charge in [0, 0.05) is 6.20 Å². The highest BCUT2D eigenvalue weighted by atomic mass is 14.8. The van der Waals surface area contributed by atoms with E-state index in [-0.39, 0.29) is 0 Å². The lowest BCUT2D eigenvalue weighted by Gasteiger charge is -1.98. The Balaban J connectivity index is 2.91. The third-order valence-electron chi connectivity index (χ3n) is 1.29. The molecule has 52 valence electrons. The predicted octanol–water partition coefficient (Wildman–Crippen LogP) is 1.39. The number of nitrogens with two attached hydrogens (primary N) is 1. The molecule has 1 heterocycles. The molecule has 0 aromatic carbocycles. The Morgan fingerprint density at radius 3 is 3.10 bits per heavy atom. The zero-order chi connectivity index (χ0) is 7.40. The smallest absolute Gasteiger partial charge is 0.126 e. The largest absolute Gasteiger partial charge is 0.383 e. The van der Waals surface area contributed by atoms with E-state index in [4.69, 9.17) is 5.73 Å². The summed E-state index contributed by atoms with van der Waals surface area (Å²) in [6.07, 6.45) is 4.29. The van der Waals surface area contributed by atoms with Gasteiger partial charge in [-0.25, -0.2) is 4.98 Å². The standard InChI is InChI=1S/C8H10N2/c1-2-4-7-5-3-6-10-8(7)9/h2-3,5-6H,1,4H2,(H2,9,10). The maximum atomic E-state index is 5.55. The topological polar surface area (TPSA) is 38.9 Å². The molecule has 0 aliphatic heterocycles. The van der Waals surface area contributed by atoms with Crippen LogP contribution in [0.25, 0.3) is 0 Å². The van der Waals surface area contributed by atoms with Gasteiger partial charge in [-0.3, -0.25) is 0 Å². The van der Waals surface area contributed by atoms with Crippen molar-refractivity contribution in [3.8, 4) is 0 Å². The lowest BCUT2D eigenvalue weighted by molar-refractivity contribution is 1.20. The van der Waals surface area contributed by atoms with Crippen molar-refractivity contribution in [2.24, 2.45) is 0 Å². The average Bonchev–Trinajstić information content (AvgIpc) is 1.94. The lowest BCUT2D eigenvalue weighted by Crippen LogP contribution is -1.94. The minimum absolute atomic E-state index is 0.599. The summed E-state index contributed by atoms with van der Waals surface area (Å²) < 4.78 is 0. The first-order chi connectivity index (χ1) is 4.84. The molecule has 1 aromatic heterocycles. The number of nitrogens with zero attached hydrogens (tertiary/aromatic N) is 1. The molecule has 0 aliphatic rings. The van der Waals surface area contributed by atoms with Gasteiger partial charge in [0.05, 0.1) is 0 Å². The van der Waals surface area contributed by atoms with E-state index in [1.807, 2.05) is 18.2 Å². The van der Waals surface area contributed by atoms with Crippen LogP contribution >= 0.6 is 0 Å². The maximum absolute atomic E-state index is 5.55. The molecular weight excluding hydrogens is 124 g/mol. The van der Waals surface area contributed by atoms with Crippen molar-refractivity contribution in [2.75, 3.05) is 5.73 Å². The third kappa shape index (κ3) is 1.35. The summed E-state index contributed by atoms with van der Waals surface area (Å²) in [5, 5.41) is 0. The molecule has 0 spiro atoms.